The van der Waals surface area contributed by atoms with E-state index in [0.29, 0.717) is 0 Å². The molecule has 56 valence electrons. The average Bonchev–Trinajstić information content (AvgIpc) is 2.05. The van der Waals surface area contributed by atoms with E-state index in [0.717, 1.165) is 12.3 Å². The van der Waals surface area contributed by atoms with Crippen molar-refractivity contribution in [3.05, 3.63) is 11.6 Å². The molecule has 0 aliphatic heterocycles. The van der Waals surface area contributed by atoms with E-state index in [1.54, 1.807) is 0 Å². The molecule has 0 aromatic heterocycles. The van der Waals surface area contributed by atoms with Crippen molar-refractivity contribution in [2.45, 2.75) is 32.6 Å². The van der Waals surface area contributed by atoms with Gasteiger partial charge in [0.05, 0.1) is 0 Å². The number of allylic oxidation sites excluding steroid dienone is 2. The van der Waals surface area contributed by atoms with Gasteiger partial charge in [-0.15, -0.1) is 0 Å². The molecule has 1 N–H and O–H groups in total. The molecule has 0 heterocycles. The van der Waals surface area contributed by atoms with Crippen LogP contribution in [-0.2, 0) is 0 Å². The van der Waals surface area contributed by atoms with Gasteiger partial charge in [0.2, 0.25) is 0 Å². The fourth-order valence-corrected chi connectivity index (χ4v) is 1.41. The summed E-state index contributed by atoms with van der Waals surface area (Å²) in [4.78, 5) is 0. The Bertz CT molecular complexity index is 147. The van der Waals surface area contributed by atoms with Crippen LogP contribution in [0.25, 0.3) is 0 Å². The summed E-state index contributed by atoms with van der Waals surface area (Å²) in [6.07, 6.45) is 8.61. The SMILES string of the molecule is CC[C@H]1CC=C(C=N)CC1. The Morgan fingerprint density at radius 3 is 3.00 bits per heavy atom. The van der Waals surface area contributed by atoms with E-state index in [1.165, 1.54) is 31.1 Å². The first-order chi connectivity index (χ1) is 4.86. The first-order valence-corrected chi connectivity index (χ1v) is 4.06. The van der Waals surface area contributed by atoms with Gasteiger partial charge in [0.15, 0.2) is 0 Å². The highest BCUT2D eigenvalue weighted by Crippen LogP contribution is 2.24. The monoisotopic (exact) mass is 137 g/mol. The van der Waals surface area contributed by atoms with Crippen LogP contribution in [0.4, 0.5) is 0 Å². The number of hydrogen-bond donors (Lipinski definition) is 1. The Hall–Kier alpha value is -0.590. The lowest BCUT2D eigenvalue weighted by Crippen LogP contribution is -2.04. The molecule has 0 aromatic rings. The standard InChI is InChI=1S/C9H15N/c1-2-8-3-5-9(7-10)6-4-8/h5,7-8,10H,2-4,6H2,1H3/t8-/m0/s1. The summed E-state index contributed by atoms with van der Waals surface area (Å²) in [6.45, 7) is 2.24. The van der Waals surface area contributed by atoms with E-state index in [4.69, 9.17) is 5.41 Å². The molecule has 0 spiro atoms. The smallest absolute Gasteiger partial charge is 0.0206 e. The van der Waals surface area contributed by atoms with Gasteiger partial charge in [0.1, 0.15) is 0 Å². The van der Waals surface area contributed by atoms with E-state index >= 15 is 0 Å². The first-order valence-electron chi connectivity index (χ1n) is 4.06. The summed E-state index contributed by atoms with van der Waals surface area (Å²) in [5, 5.41) is 7.03. The summed E-state index contributed by atoms with van der Waals surface area (Å²) in [6, 6.07) is 0. The van der Waals surface area contributed by atoms with Crippen molar-refractivity contribution < 1.29 is 0 Å². The predicted octanol–water partition coefficient (Wildman–Crippen LogP) is 2.77. The molecule has 0 amide bonds. The second-order valence-corrected chi connectivity index (χ2v) is 2.97. The van der Waals surface area contributed by atoms with Crippen molar-refractivity contribution in [2.75, 3.05) is 0 Å². The normalized spacial score (nSPS) is 25.7. The van der Waals surface area contributed by atoms with Crippen LogP contribution in [0.1, 0.15) is 32.6 Å². The third kappa shape index (κ3) is 1.69. The largest absolute Gasteiger partial charge is 0.308 e. The second-order valence-electron chi connectivity index (χ2n) is 2.97. The molecule has 0 saturated carbocycles. The lowest BCUT2D eigenvalue weighted by atomic mass is 9.88. The molecule has 0 unspecified atom stereocenters. The quantitative estimate of drug-likeness (QED) is 0.566. The molecular formula is C9H15N. The number of nitrogens with one attached hydrogen (secondary N) is 1. The van der Waals surface area contributed by atoms with E-state index in [2.05, 4.69) is 13.0 Å². The minimum atomic E-state index is 0.892. The highest BCUT2D eigenvalue weighted by Gasteiger charge is 2.10. The van der Waals surface area contributed by atoms with Crippen molar-refractivity contribution in [3.8, 4) is 0 Å². The highest BCUT2D eigenvalue weighted by atomic mass is 14.3. The van der Waals surface area contributed by atoms with Gasteiger partial charge >= 0.3 is 0 Å². The fraction of sp³-hybridized carbons (Fsp3) is 0.667. The van der Waals surface area contributed by atoms with Gasteiger partial charge < -0.3 is 5.41 Å². The maximum Gasteiger partial charge on any atom is 0.0206 e. The molecule has 0 radical (unpaired) electrons. The lowest BCUT2D eigenvalue weighted by Gasteiger charge is -2.17. The fourth-order valence-electron chi connectivity index (χ4n) is 1.41. The Morgan fingerprint density at radius 2 is 2.60 bits per heavy atom. The minimum absolute atomic E-state index is 0.892. The van der Waals surface area contributed by atoms with Gasteiger partial charge in [-0.05, 0) is 30.8 Å². The minimum Gasteiger partial charge on any atom is -0.308 e. The van der Waals surface area contributed by atoms with E-state index in [-0.39, 0.29) is 0 Å². The van der Waals surface area contributed by atoms with Crippen LogP contribution >= 0.6 is 0 Å². The van der Waals surface area contributed by atoms with Gasteiger partial charge in [0, 0.05) is 6.21 Å². The summed E-state index contributed by atoms with van der Waals surface area (Å²) in [5.74, 6) is 0.892. The van der Waals surface area contributed by atoms with E-state index < -0.39 is 0 Å². The van der Waals surface area contributed by atoms with Crippen molar-refractivity contribution in [2.24, 2.45) is 5.92 Å². The average molecular weight is 137 g/mol. The molecule has 1 heteroatoms. The van der Waals surface area contributed by atoms with Crippen LogP contribution in [-0.4, -0.2) is 6.21 Å². The van der Waals surface area contributed by atoms with Crippen LogP contribution < -0.4 is 0 Å². The zero-order valence-corrected chi connectivity index (χ0v) is 6.56. The Kier molecular flexibility index (Phi) is 2.67. The molecule has 1 nitrogen and oxygen atoms in total. The Morgan fingerprint density at radius 1 is 1.80 bits per heavy atom. The van der Waals surface area contributed by atoms with Gasteiger partial charge in [-0.1, -0.05) is 19.4 Å². The van der Waals surface area contributed by atoms with Crippen molar-refractivity contribution in [1.29, 1.82) is 5.41 Å². The van der Waals surface area contributed by atoms with Crippen LogP contribution in [0.2, 0.25) is 0 Å². The van der Waals surface area contributed by atoms with Gasteiger partial charge in [0.25, 0.3) is 0 Å². The van der Waals surface area contributed by atoms with E-state index in [9.17, 15) is 0 Å². The van der Waals surface area contributed by atoms with Crippen molar-refractivity contribution >= 4 is 6.21 Å². The molecule has 1 aliphatic carbocycles. The summed E-state index contributed by atoms with van der Waals surface area (Å²) in [5.41, 5.74) is 1.23. The molecule has 0 bridgehead atoms. The summed E-state index contributed by atoms with van der Waals surface area (Å²) < 4.78 is 0. The Balaban J connectivity index is 2.43. The summed E-state index contributed by atoms with van der Waals surface area (Å²) >= 11 is 0. The van der Waals surface area contributed by atoms with Gasteiger partial charge in [-0.2, -0.15) is 0 Å². The summed E-state index contributed by atoms with van der Waals surface area (Å²) in [7, 11) is 0. The second kappa shape index (κ2) is 3.55. The molecule has 0 fully saturated rings. The highest BCUT2D eigenvalue weighted by molar-refractivity contribution is 5.75. The predicted molar refractivity (Wildman–Crippen MR) is 44.5 cm³/mol. The van der Waals surface area contributed by atoms with Crippen LogP contribution in [0.5, 0.6) is 0 Å². The maximum absolute atomic E-state index is 7.03. The molecule has 1 rings (SSSR count). The van der Waals surface area contributed by atoms with Crippen LogP contribution in [0.3, 0.4) is 0 Å². The molecule has 0 aromatic carbocycles. The van der Waals surface area contributed by atoms with Crippen LogP contribution in [0, 0.1) is 11.3 Å². The number of hydrogen-bond acceptors (Lipinski definition) is 1. The molecule has 1 atom stereocenters. The molecular weight excluding hydrogens is 122 g/mol. The zero-order valence-electron chi connectivity index (χ0n) is 6.56. The third-order valence-corrected chi connectivity index (χ3v) is 2.32. The number of rotatable bonds is 2. The maximum atomic E-state index is 7.03. The van der Waals surface area contributed by atoms with Crippen molar-refractivity contribution in [1.82, 2.24) is 0 Å². The van der Waals surface area contributed by atoms with Crippen LogP contribution in [0.15, 0.2) is 11.6 Å². The zero-order chi connectivity index (χ0) is 7.40. The van der Waals surface area contributed by atoms with Crippen molar-refractivity contribution in [3.63, 3.8) is 0 Å². The third-order valence-electron chi connectivity index (χ3n) is 2.32. The van der Waals surface area contributed by atoms with Gasteiger partial charge in [-0.3, -0.25) is 0 Å². The topological polar surface area (TPSA) is 23.9 Å². The molecule has 10 heavy (non-hydrogen) atoms. The lowest BCUT2D eigenvalue weighted by molar-refractivity contribution is 0.461. The van der Waals surface area contributed by atoms with Gasteiger partial charge in [-0.25, -0.2) is 0 Å². The molecule has 1 aliphatic rings. The molecule has 0 saturated heterocycles. The first kappa shape index (κ1) is 7.52. The Labute approximate surface area is 62.6 Å². The van der Waals surface area contributed by atoms with E-state index in [1.807, 2.05) is 0 Å².